The van der Waals surface area contributed by atoms with Crippen LogP contribution in [-0.4, -0.2) is 79.2 Å². The van der Waals surface area contributed by atoms with E-state index in [1.807, 2.05) is 46.7 Å². The van der Waals surface area contributed by atoms with Crippen LogP contribution in [0.3, 0.4) is 0 Å². The first-order valence-electron chi connectivity index (χ1n) is 9.12. The van der Waals surface area contributed by atoms with Crippen LogP contribution in [0.2, 0.25) is 0 Å². The van der Waals surface area contributed by atoms with E-state index < -0.39 is 5.60 Å². The number of guanidine groups is 1. The lowest BCUT2D eigenvalue weighted by molar-refractivity contribution is 0.0213. The van der Waals surface area contributed by atoms with Gasteiger partial charge in [0.05, 0.1) is 0 Å². The van der Waals surface area contributed by atoms with Crippen LogP contribution in [0.25, 0.3) is 0 Å². The molecule has 0 radical (unpaired) electrons. The fourth-order valence-corrected chi connectivity index (χ4v) is 2.95. The van der Waals surface area contributed by atoms with Gasteiger partial charge in [0.2, 0.25) is 0 Å². The predicted octanol–water partition coefficient (Wildman–Crippen LogP) is 3.51. The van der Waals surface area contributed by atoms with E-state index in [-0.39, 0.29) is 30.1 Å². The minimum atomic E-state index is -0.439. The molecule has 0 spiro atoms. The SMILES string of the molecule is CCN=C(N(C)C)N1CCC(CN(CC)C(=O)OC(C)(C)C)CC1.I. The summed E-state index contributed by atoms with van der Waals surface area (Å²) in [6.45, 7) is 14.1. The molecule has 0 atom stereocenters. The average Bonchev–Trinajstić information content (AvgIpc) is 2.49. The molecule has 1 amide bonds. The summed E-state index contributed by atoms with van der Waals surface area (Å²) in [4.78, 5) is 23.1. The summed E-state index contributed by atoms with van der Waals surface area (Å²) >= 11 is 0. The number of nitrogens with zero attached hydrogens (tertiary/aromatic N) is 4. The minimum absolute atomic E-state index is 0. The predicted molar refractivity (Wildman–Crippen MR) is 115 cm³/mol. The van der Waals surface area contributed by atoms with Crippen LogP contribution in [0.5, 0.6) is 0 Å². The number of ether oxygens (including phenoxy) is 1. The van der Waals surface area contributed by atoms with Crippen LogP contribution in [0.1, 0.15) is 47.5 Å². The van der Waals surface area contributed by atoms with Crippen LogP contribution in [-0.2, 0) is 4.74 Å². The fourth-order valence-electron chi connectivity index (χ4n) is 2.95. The molecular weight excluding hydrogens is 431 g/mol. The summed E-state index contributed by atoms with van der Waals surface area (Å²) in [7, 11) is 4.09. The zero-order valence-electron chi connectivity index (χ0n) is 17.0. The maximum atomic E-state index is 12.3. The van der Waals surface area contributed by atoms with Gasteiger partial charge in [-0.15, -0.1) is 24.0 Å². The van der Waals surface area contributed by atoms with Gasteiger partial charge in [0, 0.05) is 46.8 Å². The standard InChI is InChI=1S/C18H36N4O2.HI/c1-8-19-16(20(6)7)22-12-10-15(11-13-22)14-21(9-2)17(23)24-18(3,4)5;/h15H,8-14H2,1-7H3;1H. The van der Waals surface area contributed by atoms with Crippen molar-refractivity contribution in [2.75, 3.05) is 46.8 Å². The van der Waals surface area contributed by atoms with Crippen molar-refractivity contribution < 1.29 is 9.53 Å². The van der Waals surface area contributed by atoms with E-state index in [2.05, 4.69) is 21.7 Å². The Hall–Kier alpha value is -0.730. The Balaban J connectivity index is 0.00000576. The van der Waals surface area contributed by atoms with Gasteiger partial charge in [0.25, 0.3) is 0 Å². The number of aliphatic imine (C=N–C) groups is 1. The smallest absolute Gasteiger partial charge is 0.410 e. The van der Waals surface area contributed by atoms with E-state index in [0.717, 1.165) is 45.0 Å². The number of likely N-dealkylation sites (tertiary alicyclic amines) is 1. The van der Waals surface area contributed by atoms with Gasteiger partial charge >= 0.3 is 6.09 Å². The topological polar surface area (TPSA) is 48.4 Å². The van der Waals surface area contributed by atoms with Crippen molar-refractivity contribution in [3.63, 3.8) is 0 Å². The molecule has 1 aliphatic heterocycles. The summed E-state index contributed by atoms with van der Waals surface area (Å²) in [5.41, 5.74) is -0.439. The zero-order chi connectivity index (χ0) is 18.3. The van der Waals surface area contributed by atoms with Gasteiger partial charge in [-0.2, -0.15) is 0 Å². The number of piperidine rings is 1. The van der Waals surface area contributed by atoms with Crippen LogP contribution in [0.4, 0.5) is 4.79 Å². The molecule has 0 aromatic carbocycles. The monoisotopic (exact) mass is 468 g/mol. The normalized spacial score (nSPS) is 16.3. The third-order valence-electron chi connectivity index (χ3n) is 4.11. The third kappa shape index (κ3) is 8.46. The lowest BCUT2D eigenvalue weighted by Crippen LogP contribution is -2.47. The summed E-state index contributed by atoms with van der Waals surface area (Å²) in [5.74, 6) is 1.59. The Bertz CT molecular complexity index is 427. The highest BCUT2D eigenvalue weighted by Crippen LogP contribution is 2.20. The molecule has 1 heterocycles. The maximum absolute atomic E-state index is 12.3. The molecule has 0 unspecified atom stereocenters. The number of carbonyl (C=O) groups is 1. The average molecular weight is 468 g/mol. The Morgan fingerprint density at radius 3 is 2.16 bits per heavy atom. The molecule has 0 aliphatic carbocycles. The van der Waals surface area contributed by atoms with Crippen molar-refractivity contribution in [2.24, 2.45) is 10.9 Å². The molecule has 1 fully saturated rings. The number of hydrogen-bond donors (Lipinski definition) is 0. The van der Waals surface area contributed by atoms with Crippen molar-refractivity contribution in [1.82, 2.24) is 14.7 Å². The first-order chi connectivity index (χ1) is 11.2. The van der Waals surface area contributed by atoms with Crippen molar-refractivity contribution in [2.45, 2.75) is 53.1 Å². The lowest BCUT2D eigenvalue weighted by atomic mass is 9.96. The molecule has 6 nitrogen and oxygen atoms in total. The third-order valence-corrected chi connectivity index (χ3v) is 4.11. The van der Waals surface area contributed by atoms with Gasteiger partial charge < -0.3 is 19.4 Å². The van der Waals surface area contributed by atoms with E-state index in [1.54, 1.807) is 0 Å². The second-order valence-corrected chi connectivity index (χ2v) is 7.62. The Morgan fingerprint density at radius 1 is 1.20 bits per heavy atom. The Kier molecular flexibility index (Phi) is 10.8. The van der Waals surface area contributed by atoms with Gasteiger partial charge in [-0.25, -0.2) is 4.79 Å². The van der Waals surface area contributed by atoms with E-state index in [4.69, 9.17) is 4.74 Å². The number of halogens is 1. The van der Waals surface area contributed by atoms with E-state index in [1.165, 1.54) is 0 Å². The van der Waals surface area contributed by atoms with Crippen molar-refractivity contribution in [3.8, 4) is 0 Å². The van der Waals surface area contributed by atoms with Crippen LogP contribution in [0.15, 0.2) is 4.99 Å². The molecule has 0 aromatic rings. The highest BCUT2D eigenvalue weighted by Gasteiger charge is 2.27. The number of hydrogen-bond acceptors (Lipinski definition) is 3. The first kappa shape index (κ1) is 24.3. The van der Waals surface area contributed by atoms with Crippen molar-refractivity contribution >= 4 is 36.0 Å². The van der Waals surface area contributed by atoms with Gasteiger partial charge in [-0.1, -0.05) is 0 Å². The maximum Gasteiger partial charge on any atom is 0.410 e. The second-order valence-electron chi connectivity index (χ2n) is 7.62. The number of rotatable bonds is 4. The van der Waals surface area contributed by atoms with E-state index in [9.17, 15) is 4.79 Å². The summed E-state index contributed by atoms with van der Waals surface area (Å²) in [6, 6.07) is 0. The highest BCUT2D eigenvalue weighted by molar-refractivity contribution is 14.0. The molecule has 0 N–H and O–H groups in total. The molecule has 1 saturated heterocycles. The molecule has 148 valence electrons. The van der Waals surface area contributed by atoms with Crippen LogP contribution >= 0.6 is 24.0 Å². The molecule has 1 rings (SSSR count). The molecule has 0 aromatic heterocycles. The summed E-state index contributed by atoms with van der Waals surface area (Å²) < 4.78 is 5.51. The van der Waals surface area contributed by atoms with Crippen LogP contribution < -0.4 is 0 Å². The lowest BCUT2D eigenvalue weighted by Gasteiger charge is -2.38. The zero-order valence-corrected chi connectivity index (χ0v) is 19.4. The molecule has 0 bridgehead atoms. The van der Waals surface area contributed by atoms with E-state index in [0.29, 0.717) is 12.5 Å². The molecule has 7 heteroatoms. The summed E-state index contributed by atoms with van der Waals surface area (Å²) in [5, 5.41) is 0. The fraction of sp³-hybridized carbons (Fsp3) is 0.889. The molecular formula is C18H37IN4O2. The van der Waals surface area contributed by atoms with Gasteiger partial charge in [0.1, 0.15) is 5.60 Å². The number of carbonyl (C=O) groups excluding carboxylic acids is 1. The first-order valence-corrected chi connectivity index (χ1v) is 9.12. The van der Waals surface area contributed by atoms with Crippen molar-refractivity contribution in [1.29, 1.82) is 0 Å². The van der Waals surface area contributed by atoms with E-state index >= 15 is 0 Å². The Morgan fingerprint density at radius 2 is 1.76 bits per heavy atom. The number of amides is 1. The van der Waals surface area contributed by atoms with Crippen molar-refractivity contribution in [3.05, 3.63) is 0 Å². The highest BCUT2D eigenvalue weighted by atomic mass is 127. The van der Waals surface area contributed by atoms with Crippen LogP contribution in [0, 0.1) is 5.92 Å². The van der Waals surface area contributed by atoms with Gasteiger partial charge in [0.15, 0.2) is 5.96 Å². The summed E-state index contributed by atoms with van der Waals surface area (Å²) in [6.07, 6.45) is 1.96. The molecule has 1 aliphatic rings. The quantitative estimate of drug-likeness (QED) is 0.360. The van der Waals surface area contributed by atoms with Gasteiger partial charge in [-0.3, -0.25) is 4.99 Å². The largest absolute Gasteiger partial charge is 0.444 e. The second kappa shape index (κ2) is 11.1. The molecule has 0 saturated carbocycles. The minimum Gasteiger partial charge on any atom is -0.444 e. The Labute approximate surface area is 171 Å². The van der Waals surface area contributed by atoms with Gasteiger partial charge in [-0.05, 0) is 53.4 Å². The molecule has 25 heavy (non-hydrogen) atoms.